The van der Waals surface area contributed by atoms with Gasteiger partial charge in [0.05, 0.1) is 41.6 Å². The first-order valence-electron chi connectivity index (χ1n) is 22.5. The van der Waals surface area contributed by atoms with Crippen LogP contribution in [0.1, 0.15) is 78.8 Å². The Balaban J connectivity index is 1.50. The number of amides is 4. The zero-order valence-corrected chi connectivity index (χ0v) is 38.8. The molecule has 5 rings (SSSR count). The van der Waals surface area contributed by atoms with E-state index in [0.29, 0.717) is 57.6 Å². The van der Waals surface area contributed by atoms with Crippen LogP contribution in [0.3, 0.4) is 0 Å². The number of ketones is 1. The number of Topliss-reactive ketones (excluding diaryl/α,β-unsaturated/α-hetero) is 1. The smallest absolute Gasteiger partial charge is 0.255 e. The van der Waals surface area contributed by atoms with Crippen LogP contribution in [0.15, 0.2) is 60.7 Å². The Hall–Kier alpha value is -6.94. The number of fused-ring (bicyclic) bond motifs is 5. The van der Waals surface area contributed by atoms with Crippen LogP contribution in [0.5, 0.6) is 17.2 Å². The van der Waals surface area contributed by atoms with Crippen molar-refractivity contribution in [3.8, 4) is 45.8 Å². The first kappa shape index (κ1) is 51.1. The van der Waals surface area contributed by atoms with Crippen LogP contribution in [-0.4, -0.2) is 104 Å². The van der Waals surface area contributed by atoms with E-state index >= 15 is 0 Å². The number of aromatic nitrogens is 2. The lowest BCUT2D eigenvalue weighted by Crippen LogP contribution is -2.54. The largest absolute Gasteiger partial charge is 0.494 e. The zero-order valence-electron chi connectivity index (χ0n) is 38.8. The number of carbonyl (C=O) groups excluding carboxylic acids is 5. The van der Waals surface area contributed by atoms with Crippen LogP contribution in [0.25, 0.3) is 22.5 Å². The minimum absolute atomic E-state index is 0.0244. The molecule has 4 amide bonds. The SMILES string of the molecule is CCCOc1ccc(-c2nc(C)c(C(=O)N[C@@H](CCN)C(=O)C(C)C[C@@H]3C(=O)N[C@@H](C)C(=O)N[C@H](C(=O)NCC#N)Cc4ccc(OCCN)c(c4)-c4cc3ccc4OCCN)c(C)n2)cc1. The lowest BCUT2D eigenvalue weighted by molar-refractivity contribution is -0.132. The van der Waals surface area contributed by atoms with Crippen molar-refractivity contribution in [2.75, 3.05) is 46.0 Å². The standard InChI is InChI=1S/C49H62N10O8/c1-6-21-65-35-11-8-33(9-12-35)45-55-29(3)43(30(4)56-45)49(64)58-39(15-16-50)44(60)28(2)24-36-34-10-14-42(67-23-19-53)38(27-34)37-25-32(7-13-41(37)66-22-18-52)26-40(48(63)54-20-17-51)59-46(61)31(5)57-47(36)62/h7-14,25,27-28,31,36,39-40H,6,15-16,18-24,26,50,52-53H2,1-5H3,(H,54,63)(H,57,62)(H,58,64)(H,59,61)/t28?,31-,36-,39-,40-/m0/s1. The van der Waals surface area contributed by atoms with Crippen molar-refractivity contribution in [1.29, 1.82) is 5.26 Å². The first-order chi connectivity index (χ1) is 32.2. The Labute approximate surface area is 391 Å². The summed E-state index contributed by atoms with van der Waals surface area (Å²) in [6.45, 7) is 9.73. The van der Waals surface area contributed by atoms with Gasteiger partial charge < -0.3 is 52.7 Å². The summed E-state index contributed by atoms with van der Waals surface area (Å²) < 4.78 is 17.9. The average Bonchev–Trinajstić information content (AvgIpc) is 3.31. The van der Waals surface area contributed by atoms with E-state index in [9.17, 15) is 24.0 Å². The van der Waals surface area contributed by atoms with Gasteiger partial charge in [-0.15, -0.1) is 0 Å². The summed E-state index contributed by atoms with van der Waals surface area (Å²) in [5.74, 6) is -2.60. The fourth-order valence-corrected chi connectivity index (χ4v) is 7.83. The number of carbonyl (C=O) groups is 5. The van der Waals surface area contributed by atoms with Gasteiger partial charge in [-0.1, -0.05) is 26.0 Å². The number of ether oxygens (including phenoxy) is 3. The van der Waals surface area contributed by atoms with E-state index in [0.717, 1.165) is 17.7 Å². The number of hydrogen-bond acceptors (Lipinski definition) is 14. The van der Waals surface area contributed by atoms with Crippen molar-refractivity contribution in [2.45, 2.75) is 84.3 Å². The molecular weight excluding hydrogens is 857 g/mol. The minimum Gasteiger partial charge on any atom is -0.494 e. The lowest BCUT2D eigenvalue weighted by atomic mass is 9.83. The van der Waals surface area contributed by atoms with Crippen molar-refractivity contribution < 1.29 is 38.2 Å². The van der Waals surface area contributed by atoms with Crippen molar-refractivity contribution in [1.82, 2.24) is 31.2 Å². The molecule has 0 aliphatic carbocycles. The second kappa shape index (κ2) is 24.5. The van der Waals surface area contributed by atoms with Crippen LogP contribution in [-0.2, 0) is 25.6 Å². The molecule has 4 bridgehead atoms. The normalized spacial score (nSPS) is 16.8. The average molecular weight is 919 g/mol. The number of nitrogens with one attached hydrogen (secondary N) is 4. The number of nitriles is 1. The molecule has 1 aromatic heterocycles. The summed E-state index contributed by atoms with van der Waals surface area (Å²) in [5, 5.41) is 20.1. The number of benzene rings is 3. The third-order valence-corrected chi connectivity index (χ3v) is 11.2. The molecule has 0 spiro atoms. The van der Waals surface area contributed by atoms with Gasteiger partial charge in [-0.05, 0) is 106 Å². The number of nitrogens with two attached hydrogens (primary N) is 3. The van der Waals surface area contributed by atoms with Crippen molar-refractivity contribution >= 4 is 29.4 Å². The molecule has 3 aromatic carbocycles. The summed E-state index contributed by atoms with van der Waals surface area (Å²) >= 11 is 0. The molecule has 67 heavy (non-hydrogen) atoms. The maximum absolute atomic E-state index is 14.5. The molecule has 18 nitrogen and oxygen atoms in total. The predicted molar refractivity (Wildman–Crippen MR) is 252 cm³/mol. The topological polar surface area (TPSA) is 289 Å². The van der Waals surface area contributed by atoms with Gasteiger partial charge in [0.15, 0.2) is 11.6 Å². The highest BCUT2D eigenvalue weighted by molar-refractivity contribution is 6.00. The lowest BCUT2D eigenvalue weighted by Gasteiger charge is -2.27. The Morgan fingerprint density at radius 1 is 0.851 bits per heavy atom. The van der Waals surface area contributed by atoms with Gasteiger partial charge in [0.2, 0.25) is 17.7 Å². The third kappa shape index (κ3) is 13.3. The Morgan fingerprint density at radius 3 is 2.10 bits per heavy atom. The van der Waals surface area contributed by atoms with Crippen LogP contribution >= 0.6 is 0 Å². The van der Waals surface area contributed by atoms with E-state index in [4.69, 9.17) is 36.7 Å². The predicted octanol–water partition coefficient (Wildman–Crippen LogP) is 2.90. The second-order valence-corrected chi connectivity index (χ2v) is 16.4. The summed E-state index contributed by atoms with van der Waals surface area (Å²) in [6, 6.07) is 16.4. The Kier molecular flexibility index (Phi) is 18.7. The maximum Gasteiger partial charge on any atom is 0.255 e. The van der Waals surface area contributed by atoms with Crippen LogP contribution in [0.4, 0.5) is 0 Å². The monoisotopic (exact) mass is 918 g/mol. The molecule has 10 N–H and O–H groups in total. The molecule has 0 saturated heterocycles. The van der Waals surface area contributed by atoms with Crippen molar-refractivity contribution in [3.63, 3.8) is 0 Å². The van der Waals surface area contributed by atoms with Gasteiger partial charge in [0, 0.05) is 42.1 Å². The highest BCUT2D eigenvalue weighted by Crippen LogP contribution is 2.41. The van der Waals surface area contributed by atoms with Crippen LogP contribution in [0.2, 0.25) is 0 Å². The van der Waals surface area contributed by atoms with E-state index in [1.165, 1.54) is 6.92 Å². The molecule has 0 saturated carbocycles. The second-order valence-electron chi connectivity index (χ2n) is 16.4. The molecule has 1 unspecified atom stereocenters. The number of nitrogens with zero attached hydrogens (tertiary/aromatic N) is 3. The van der Waals surface area contributed by atoms with Gasteiger partial charge >= 0.3 is 0 Å². The van der Waals surface area contributed by atoms with E-state index < -0.39 is 53.6 Å². The molecule has 18 heteroatoms. The van der Waals surface area contributed by atoms with Gasteiger partial charge in [-0.25, -0.2) is 9.97 Å². The van der Waals surface area contributed by atoms with Gasteiger partial charge in [0.1, 0.15) is 49.1 Å². The van der Waals surface area contributed by atoms with E-state index in [1.54, 1.807) is 57.2 Å². The summed E-state index contributed by atoms with van der Waals surface area (Å²) in [5.41, 5.74) is 21.7. The summed E-state index contributed by atoms with van der Waals surface area (Å²) in [6.07, 6.45) is 0.960. The minimum atomic E-state index is -1.13. The Morgan fingerprint density at radius 2 is 1.49 bits per heavy atom. The van der Waals surface area contributed by atoms with E-state index in [-0.39, 0.29) is 70.0 Å². The number of hydrogen-bond donors (Lipinski definition) is 7. The maximum atomic E-state index is 14.5. The van der Waals surface area contributed by atoms with Gasteiger partial charge in [0.25, 0.3) is 5.91 Å². The molecule has 356 valence electrons. The molecule has 1 aliphatic rings. The van der Waals surface area contributed by atoms with Crippen molar-refractivity contribution in [2.24, 2.45) is 23.1 Å². The van der Waals surface area contributed by atoms with Crippen LogP contribution < -0.4 is 52.7 Å². The van der Waals surface area contributed by atoms with Crippen molar-refractivity contribution in [3.05, 3.63) is 88.7 Å². The quantitative estimate of drug-likeness (QED) is 0.0628. The number of rotatable bonds is 20. The molecule has 0 fully saturated rings. The molecule has 0 radical (unpaired) electrons. The van der Waals surface area contributed by atoms with E-state index in [2.05, 4.69) is 31.2 Å². The molecule has 4 aromatic rings. The van der Waals surface area contributed by atoms with Gasteiger partial charge in [-0.2, -0.15) is 5.26 Å². The molecule has 5 atom stereocenters. The summed E-state index contributed by atoms with van der Waals surface area (Å²) in [7, 11) is 0. The first-order valence-corrected chi connectivity index (χ1v) is 22.5. The third-order valence-electron chi connectivity index (χ3n) is 11.2. The molecular formula is C49H62N10O8. The Bertz CT molecular complexity index is 2420. The number of aryl methyl sites for hydroxylation is 2. The van der Waals surface area contributed by atoms with Gasteiger partial charge in [-0.3, -0.25) is 24.0 Å². The molecule has 1 aliphatic heterocycles. The highest BCUT2D eigenvalue weighted by Gasteiger charge is 2.34. The fourth-order valence-electron chi connectivity index (χ4n) is 7.83. The highest BCUT2D eigenvalue weighted by atomic mass is 16.5. The van der Waals surface area contributed by atoms with Crippen LogP contribution in [0, 0.1) is 31.1 Å². The fraction of sp³-hybridized carbons (Fsp3) is 0.429. The molecule has 2 heterocycles. The van der Waals surface area contributed by atoms with E-state index in [1.807, 2.05) is 37.3 Å². The zero-order chi connectivity index (χ0) is 48.6. The summed E-state index contributed by atoms with van der Waals surface area (Å²) in [4.78, 5) is 79.3.